The first-order valence-corrected chi connectivity index (χ1v) is 6.92. The van der Waals surface area contributed by atoms with E-state index < -0.39 is 0 Å². The first-order chi connectivity index (χ1) is 9.19. The summed E-state index contributed by atoms with van der Waals surface area (Å²) in [7, 11) is 0. The van der Waals surface area contributed by atoms with Crippen LogP contribution >= 0.6 is 0 Å². The zero-order valence-corrected chi connectivity index (χ0v) is 11.3. The highest BCUT2D eigenvalue weighted by molar-refractivity contribution is 5.73. The van der Waals surface area contributed by atoms with Crippen molar-refractivity contribution in [1.82, 2.24) is 10.2 Å². The van der Waals surface area contributed by atoms with Crippen molar-refractivity contribution in [3.05, 3.63) is 29.8 Å². The lowest BCUT2D eigenvalue weighted by molar-refractivity contribution is -0.132. The normalized spacial score (nSPS) is 21.4. The van der Waals surface area contributed by atoms with Crippen LogP contribution in [0.1, 0.15) is 25.3 Å². The number of benzene rings is 1. The second-order valence-electron chi connectivity index (χ2n) is 5.52. The summed E-state index contributed by atoms with van der Waals surface area (Å²) >= 11 is 0. The monoisotopic (exact) mass is 260 g/mol. The van der Waals surface area contributed by atoms with E-state index in [2.05, 4.69) is 5.32 Å². The molecule has 3 rings (SSSR count). The first kappa shape index (κ1) is 12.5. The molecule has 0 aromatic heterocycles. The summed E-state index contributed by atoms with van der Waals surface area (Å²) in [6.45, 7) is 4.89. The summed E-state index contributed by atoms with van der Waals surface area (Å²) in [5.41, 5.74) is 0.886. The summed E-state index contributed by atoms with van der Waals surface area (Å²) < 4.78 is 6.33. The van der Waals surface area contributed by atoms with Crippen LogP contribution in [-0.4, -0.2) is 36.0 Å². The van der Waals surface area contributed by atoms with E-state index >= 15 is 0 Å². The number of hydrogen-bond donors (Lipinski definition) is 1. The molecule has 0 atom stereocenters. The average molecular weight is 260 g/mol. The molecule has 102 valence electrons. The van der Waals surface area contributed by atoms with Gasteiger partial charge in [-0.1, -0.05) is 18.2 Å². The third kappa shape index (κ3) is 2.45. The van der Waals surface area contributed by atoms with Crippen LogP contribution in [0.4, 0.5) is 0 Å². The number of ether oxygens (including phenoxy) is 1. The Kier molecular flexibility index (Phi) is 3.19. The smallest absolute Gasteiger partial charge is 0.219 e. The van der Waals surface area contributed by atoms with Gasteiger partial charge in [-0.25, -0.2) is 0 Å². The lowest BCUT2D eigenvalue weighted by Crippen LogP contribution is -2.53. The predicted molar refractivity (Wildman–Crippen MR) is 73.0 cm³/mol. The molecule has 1 fully saturated rings. The minimum absolute atomic E-state index is 0.123. The largest absolute Gasteiger partial charge is 0.485 e. The van der Waals surface area contributed by atoms with Crippen LogP contribution in [-0.2, 0) is 11.3 Å². The number of para-hydroxylation sites is 1. The third-order valence-corrected chi connectivity index (χ3v) is 4.10. The molecule has 0 bridgehead atoms. The molecule has 19 heavy (non-hydrogen) atoms. The molecule has 0 aliphatic carbocycles. The number of carbonyl (C=O) groups excluding carboxylic acids is 1. The molecule has 0 radical (unpaired) electrons. The van der Waals surface area contributed by atoms with E-state index in [9.17, 15) is 4.79 Å². The van der Waals surface area contributed by atoms with Gasteiger partial charge in [-0.2, -0.15) is 0 Å². The van der Waals surface area contributed by atoms with E-state index in [0.29, 0.717) is 13.1 Å². The Bertz CT molecular complexity index is 481. The second kappa shape index (κ2) is 4.85. The lowest BCUT2D eigenvalue weighted by Gasteiger charge is -2.39. The van der Waals surface area contributed by atoms with E-state index in [-0.39, 0.29) is 11.5 Å². The highest BCUT2D eigenvalue weighted by Gasteiger charge is 2.39. The SMILES string of the molecule is CC(=O)N1Cc2ccccc2OC2(CCNCC2)C1. The van der Waals surface area contributed by atoms with Crippen LogP contribution in [0.3, 0.4) is 0 Å². The van der Waals surface area contributed by atoms with Crippen LogP contribution in [0.5, 0.6) is 5.75 Å². The Morgan fingerprint density at radius 3 is 2.79 bits per heavy atom. The number of nitrogens with one attached hydrogen (secondary N) is 1. The van der Waals surface area contributed by atoms with Gasteiger partial charge in [0.15, 0.2) is 0 Å². The summed E-state index contributed by atoms with van der Waals surface area (Å²) in [6, 6.07) is 8.06. The molecule has 2 heterocycles. The van der Waals surface area contributed by atoms with Gasteiger partial charge in [-0.05, 0) is 19.2 Å². The zero-order valence-electron chi connectivity index (χ0n) is 11.3. The van der Waals surface area contributed by atoms with Crippen molar-refractivity contribution in [2.75, 3.05) is 19.6 Å². The van der Waals surface area contributed by atoms with E-state index in [0.717, 1.165) is 37.2 Å². The van der Waals surface area contributed by atoms with E-state index in [1.165, 1.54) is 0 Å². The number of piperidine rings is 1. The molecule has 0 saturated carbocycles. The molecule has 4 heteroatoms. The topological polar surface area (TPSA) is 41.6 Å². The molecule has 4 nitrogen and oxygen atoms in total. The Morgan fingerprint density at radius 1 is 1.32 bits per heavy atom. The van der Waals surface area contributed by atoms with E-state index in [1.807, 2.05) is 29.2 Å². The summed E-state index contributed by atoms with van der Waals surface area (Å²) in [6.07, 6.45) is 1.90. The zero-order chi connectivity index (χ0) is 13.3. The second-order valence-corrected chi connectivity index (χ2v) is 5.52. The van der Waals surface area contributed by atoms with Gasteiger partial charge in [0.05, 0.1) is 6.54 Å². The van der Waals surface area contributed by atoms with Gasteiger partial charge in [0.1, 0.15) is 11.4 Å². The maximum atomic E-state index is 11.8. The summed E-state index contributed by atoms with van der Waals surface area (Å²) in [5.74, 6) is 1.06. The van der Waals surface area contributed by atoms with Crippen molar-refractivity contribution in [1.29, 1.82) is 0 Å². The predicted octanol–water partition coefficient (Wildman–Crippen LogP) is 1.55. The number of carbonyl (C=O) groups is 1. The Labute approximate surface area is 113 Å². The van der Waals surface area contributed by atoms with Crippen molar-refractivity contribution in [2.45, 2.75) is 31.9 Å². The van der Waals surface area contributed by atoms with Crippen molar-refractivity contribution in [3.8, 4) is 5.75 Å². The van der Waals surface area contributed by atoms with E-state index in [1.54, 1.807) is 6.92 Å². The fraction of sp³-hybridized carbons (Fsp3) is 0.533. The lowest BCUT2D eigenvalue weighted by atomic mass is 9.91. The molecular formula is C15H20N2O2. The van der Waals surface area contributed by atoms with E-state index in [4.69, 9.17) is 4.74 Å². The van der Waals surface area contributed by atoms with Gasteiger partial charge in [0.25, 0.3) is 0 Å². The Balaban J connectivity index is 1.97. The summed E-state index contributed by atoms with van der Waals surface area (Å²) in [4.78, 5) is 13.8. The van der Waals surface area contributed by atoms with Crippen LogP contribution < -0.4 is 10.1 Å². The maximum Gasteiger partial charge on any atom is 0.219 e. The van der Waals surface area contributed by atoms with Gasteiger partial charge in [0, 0.05) is 31.9 Å². The Hall–Kier alpha value is -1.55. The minimum Gasteiger partial charge on any atom is -0.485 e. The molecule has 1 N–H and O–H groups in total. The van der Waals surface area contributed by atoms with Gasteiger partial charge in [-0.15, -0.1) is 0 Å². The number of rotatable bonds is 0. The highest BCUT2D eigenvalue weighted by Crippen LogP contribution is 2.34. The molecule has 2 aliphatic heterocycles. The molecule has 1 amide bonds. The number of hydrogen-bond acceptors (Lipinski definition) is 3. The average Bonchev–Trinajstić information content (AvgIpc) is 2.56. The molecule has 1 saturated heterocycles. The van der Waals surface area contributed by atoms with Crippen LogP contribution in [0.2, 0.25) is 0 Å². The molecule has 1 aromatic carbocycles. The van der Waals surface area contributed by atoms with Crippen LogP contribution in [0.15, 0.2) is 24.3 Å². The number of nitrogens with zero attached hydrogens (tertiary/aromatic N) is 1. The number of amides is 1. The van der Waals surface area contributed by atoms with Crippen LogP contribution in [0.25, 0.3) is 0 Å². The molecule has 1 spiro atoms. The quantitative estimate of drug-likeness (QED) is 0.769. The minimum atomic E-state index is -0.219. The van der Waals surface area contributed by atoms with Crippen LogP contribution in [0, 0.1) is 0 Å². The third-order valence-electron chi connectivity index (χ3n) is 4.10. The van der Waals surface area contributed by atoms with Crippen molar-refractivity contribution < 1.29 is 9.53 Å². The first-order valence-electron chi connectivity index (χ1n) is 6.92. The fourth-order valence-corrected chi connectivity index (χ4v) is 2.97. The van der Waals surface area contributed by atoms with Gasteiger partial charge in [0.2, 0.25) is 5.91 Å². The Morgan fingerprint density at radius 2 is 2.05 bits per heavy atom. The molecular weight excluding hydrogens is 240 g/mol. The van der Waals surface area contributed by atoms with Crippen molar-refractivity contribution >= 4 is 5.91 Å². The molecule has 2 aliphatic rings. The maximum absolute atomic E-state index is 11.8. The van der Waals surface area contributed by atoms with Crippen molar-refractivity contribution in [2.24, 2.45) is 0 Å². The van der Waals surface area contributed by atoms with Crippen molar-refractivity contribution in [3.63, 3.8) is 0 Å². The van der Waals surface area contributed by atoms with Gasteiger partial charge < -0.3 is 15.0 Å². The van der Waals surface area contributed by atoms with Gasteiger partial charge in [-0.3, -0.25) is 4.79 Å². The van der Waals surface area contributed by atoms with Gasteiger partial charge >= 0.3 is 0 Å². The molecule has 0 unspecified atom stereocenters. The fourth-order valence-electron chi connectivity index (χ4n) is 2.97. The number of fused-ring (bicyclic) bond motifs is 1. The highest BCUT2D eigenvalue weighted by atomic mass is 16.5. The summed E-state index contributed by atoms with van der Waals surface area (Å²) in [5, 5.41) is 3.36. The standard InChI is InChI=1S/C15H20N2O2/c1-12(18)17-10-13-4-2-3-5-14(13)19-15(11-17)6-8-16-9-7-15/h2-5,16H,6-11H2,1H3. The molecule has 1 aromatic rings.